The number of carbonyl (C=O) groups is 2. The van der Waals surface area contributed by atoms with Crippen LogP contribution in [-0.4, -0.2) is 32.9 Å². The maximum atomic E-state index is 12.1. The fraction of sp³-hybridized carbons (Fsp3) is 0.263. The number of hydrogen-bond acceptors (Lipinski definition) is 5. The lowest BCUT2D eigenvalue weighted by Crippen LogP contribution is -2.28. The van der Waals surface area contributed by atoms with E-state index in [1.165, 1.54) is 24.3 Å². The Balaban J connectivity index is 1.47. The number of carbonyl (C=O) groups excluding carboxylic acids is 2. The van der Waals surface area contributed by atoms with Gasteiger partial charge in [-0.15, -0.1) is 0 Å². The van der Waals surface area contributed by atoms with Crippen molar-refractivity contribution in [3.63, 3.8) is 0 Å². The molecular weight excluding hydrogens is 404 g/mol. The summed E-state index contributed by atoms with van der Waals surface area (Å²) in [6.45, 7) is -0.149. The molecule has 1 aliphatic rings. The molecule has 2 aromatic rings. The molecule has 28 heavy (non-hydrogen) atoms. The zero-order chi connectivity index (χ0) is 20.1. The van der Waals surface area contributed by atoms with Gasteiger partial charge in [0.1, 0.15) is 0 Å². The molecule has 0 saturated heterocycles. The van der Waals surface area contributed by atoms with Crippen LogP contribution < -0.4 is 10.0 Å². The number of benzene rings is 2. The van der Waals surface area contributed by atoms with Crippen molar-refractivity contribution in [2.45, 2.75) is 30.3 Å². The fourth-order valence-corrected chi connectivity index (χ4v) is 3.76. The minimum atomic E-state index is -3.58. The molecule has 0 radical (unpaired) electrons. The summed E-state index contributed by atoms with van der Waals surface area (Å²) in [4.78, 5) is 23.9. The van der Waals surface area contributed by atoms with E-state index in [4.69, 9.17) is 16.3 Å². The molecular formula is C19H19ClN2O5S. The predicted octanol–water partition coefficient (Wildman–Crippen LogP) is 2.25. The molecule has 0 heterocycles. The van der Waals surface area contributed by atoms with Gasteiger partial charge >= 0.3 is 5.97 Å². The lowest BCUT2D eigenvalue weighted by Gasteiger charge is -2.08. The average Bonchev–Trinajstić information content (AvgIpc) is 3.49. The Morgan fingerprint density at radius 2 is 1.68 bits per heavy atom. The molecule has 0 bridgehead atoms. The summed E-state index contributed by atoms with van der Waals surface area (Å²) in [6.07, 6.45) is 1.67. The van der Waals surface area contributed by atoms with Gasteiger partial charge in [0.15, 0.2) is 6.61 Å². The molecule has 9 heteroatoms. The SMILES string of the molecule is O=C(COC(=O)c1ccc(S(=O)(=O)NC2CC2)cc1)NCc1ccc(Cl)cc1. The molecule has 1 fully saturated rings. The van der Waals surface area contributed by atoms with E-state index < -0.39 is 28.5 Å². The van der Waals surface area contributed by atoms with Crippen LogP contribution in [0.1, 0.15) is 28.8 Å². The third-order valence-corrected chi connectivity index (χ3v) is 5.83. The first-order valence-corrected chi connectivity index (χ1v) is 10.5. The van der Waals surface area contributed by atoms with Crippen molar-refractivity contribution >= 4 is 33.5 Å². The normalized spacial score (nSPS) is 13.8. The zero-order valence-corrected chi connectivity index (χ0v) is 16.4. The third-order valence-electron chi connectivity index (χ3n) is 4.04. The Labute approximate surface area is 168 Å². The van der Waals surface area contributed by atoms with Gasteiger partial charge in [0, 0.05) is 17.6 Å². The second-order valence-electron chi connectivity index (χ2n) is 6.40. The van der Waals surface area contributed by atoms with Crippen LogP contribution in [0, 0.1) is 0 Å². The highest BCUT2D eigenvalue weighted by atomic mass is 35.5. The Bertz CT molecular complexity index is 955. The predicted molar refractivity (Wildman–Crippen MR) is 103 cm³/mol. The minimum absolute atomic E-state index is 0.000951. The molecule has 0 unspecified atom stereocenters. The quantitative estimate of drug-likeness (QED) is 0.635. The number of nitrogens with one attached hydrogen (secondary N) is 2. The van der Waals surface area contributed by atoms with E-state index in [-0.39, 0.29) is 23.0 Å². The summed E-state index contributed by atoms with van der Waals surface area (Å²) in [6, 6.07) is 12.4. The first kappa shape index (κ1) is 20.3. The van der Waals surface area contributed by atoms with Crippen LogP contribution in [0.15, 0.2) is 53.4 Å². The number of rotatable bonds is 8. The Hall–Kier alpha value is -2.42. The molecule has 1 aliphatic carbocycles. The summed E-state index contributed by atoms with van der Waals surface area (Å²) in [5, 5.41) is 3.23. The molecule has 0 atom stereocenters. The number of esters is 1. The van der Waals surface area contributed by atoms with Crippen LogP contribution in [0.25, 0.3) is 0 Å². The Morgan fingerprint density at radius 1 is 1.04 bits per heavy atom. The van der Waals surface area contributed by atoms with Gasteiger partial charge in [-0.2, -0.15) is 0 Å². The lowest BCUT2D eigenvalue weighted by molar-refractivity contribution is -0.124. The molecule has 0 aromatic heterocycles. The van der Waals surface area contributed by atoms with Gasteiger partial charge in [-0.25, -0.2) is 17.9 Å². The fourth-order valence-electron chi connectivity index (χ4n) is 2.33. The molecule has 7 nitrogen and oxygen atoms in total. The van der Waals surface area contributed by atoms with Crippen molar-refractivity contribution in [3.8, 4) is 0 Å². The van der Waals surface area contributed by atoms with Gasteiger partial charge in [0.25, 0.3) is 5.91 Å². The third kappa shape index (κ3) is 5.79. The second-order valence-corrected chi connectivity index (χ2v) is 8.55. The van der Waals surface area contributed by atoms with E-state index >= 15 is 0 Å². The summed E-state index contributed by atoms with van der Waals surface area (Å²) in [5.41, 5.74) is 1.02. The van der Waals surface area contributed by atoms with Crippen LogP contribution in [0.2, 0.25) is 5.02 Å². The van der Waals surface area contributed by atoms with Gasteiger partial charge in [-0.1, -0.05) is 23.7 Å². The van der Waals surface area contributed by atoms with Crippen molar-refractivity contribution in [1.82, 2.24) is 10.0 Å². The van der Waals surface area contributed by atoms with Crippen molar-refractivity contribution in [2.24, 2.45) is 0 Å². The van der Waals surface area contributed by atoms with E-state index in [0.717, 1.165) is 18.4 Å². The topological polar surface area (TPSA) is 102 Å². The second kappa shape index (κ2) is 8.72. The molecule has 2 N–H and O–H groups in total. The zero-order valence-electron chi connectivity index (χ0n) is 14.9. The molecule has 148 valence electrons. The first-order chi connectivity index (χ1) is 13.3. The van der Waals surface area contributed by atoms with Crippen LogP contribution >= 0.6 is 11.6 Å². The van der Waals surface area contributed by atoms with Gasteiger partial charge in [-0.3, -0.25) is 4.79 Å². The largest absolute Gasteiger partial charge is 0.452 e. The molecule has 1 amide bonds. The highest BCUT2D eigenvalue weighted by Gasteiger charge is 2.28. The molecule has 0 spiro atoms. The Morgan fingerprint density at radius 3 is 2.29 bits per heavy atom. The molecule has 2 aromatic carbocycles. The number of halogens is 1. The van der Waals surface area contributed by atoms with Gasteiger partial charge in [-0.05, 0) is 54.8 Å². The van der Waals surface area contributed by atoms with E-state index in [9.17, 15) is 18.0 Å². The summed E-state index contributed by atoms with van der Waals surface area (Å²) < 4.78 is 31.7. The van der Waals surface area contributed by atoms with E-state index in [1.54, 1.807) is 24.3 Å². The highest BCUT2D eigenvalue weighted by Crippen LogP contribution is 2.22. The summed E-state index contributed by atoms with van der Waals surface area (Å²) in [5.74, 6) is -1.16. The van der Waals surface area contributed by atoms with E-state index in [2.05, 4.69) is 10.0 Å². The van der Waals surface area contributed by atoms with Crippen LogP contribution in [0.3, 0.4) is 0 Å². The standard InChI is InChI=1S/C19H19ClN2O5S/c20-15-5-1-13(2-6-15)11-21-18(23)12-27-19(24)14-3-9-17(10-4-14)28(25,26)22-16-7-8-16/h1-6,9-10,16,22H,7-8,11-12H2,(H,21,23). The summed E-state index contributed by atoms with van der Waals surface area (Å²) >= 11 is 5.79. The number of sulfonamides is 1. The number of hydrogen-bond donors (Lipinski definition) is 2. The molecule has 0 aliphatic heterocycles. The first-order valence-electron chi connectivity index (χ1n) is 8.64. The minimum Gasteiger partial charge on any atom is -0.452 e. The lowest BCUT2D eigenvalue weighted by atomic mass is 10.2. The maximum absolute atomic E-state index is 12.1. The smallest absolute Gasteiger partial charge is 0.338 e. The van der Waals surface area contributed by atoms with Crippen LogP contribution in [0.4, 0.5) is 0 Å². The van der Waals surface area contributed by atoms with Crippen molar-refractivity contribution in [1.29, 1.82) is 0 Å². The van der Waals surface area contributed by atoms with Crippen molar-refractivity contribution in [3.05, 3.63) is 64.7 Å². The van der Waals surface area contributed by atoms with E-state index in [0.29, 0.717) is 5.02 Å². The summed E-state index contributed by atoms with van der Waals surface area (Å²) in [7, 11) is -3.58. The Kier molecular flexibility index (Phi) is 6.33. The number of ether oxygens (including phenoxy) is 1. The van der Waals surface area contributed by atoms with Gasteiger partial charge < -0.3 is 10.1 Å². The number of amides is 1. The highest BCUT2D eigenvalue weighted by molar-refractivity contribution is 7.89. The maximum Gasteiger partial charge on any atom is 0.338 e. The van der Waals surface area contributed by atoms with Crippen molar-refractivity contribution < 1.29 is 22.7 Å². The monoisotopic (exact) mass is 422 g/mol. The average molecular weight is 423 g/mol. The molecule has 1 saturated carbocycles. The van der Waals surface area contributed by atoms with E-state index in [1.807, 2.05) is 0 Å². The van der Waals surface area contributed by atoms with Crippen LogP contribution in [-0.2, 0) is 26.1 Å². The van der Waals surface area contributed by atoms with Gasteiger partial charge in [0.2, 0.25) is 10.0 Å². The van der Waals surface area contributed by atoms with Gasteiger partial charge in [0.05, 0.1) is 10.5 Å². The molecule has 3 rings (SSSR count). The van der Waals surface area contributed by atoms with Crippen LogP contribution in [0.5, 0.6) is 0 Å². The van der Waals surface area contributed by atoms with Crippen molar-refractivity contribution in [2.75, 3.05) is 6.61 Å².